The van der Waals surface area contributed by atoms with Gasteiger partial charge in [-0.15, -0.1) is 0 Å². The molecule has 1 atom stereocenters. The van der Waals surface area contributed by atoms with Gasteiger partial charge in [-0.3, -0.25) is 4.79 Å². The minimum atomic E-state index is -1.03. The number of carbonyl (C=O) groups excluding carboxylic acids is 1. The van der Waals surface area contributed by atoms with E-state index in [0.29, 0.717) is 39.3 Å². The summed E-state index contributed by atoms with van der Waals surface area (Å²) in [4.78, 5) is 28.8. The van der Waals surface area contributed by atoms with E-state index in [1.54, 1.807) is 0 Å². The lowest BCUT2D eigenvalue weighted by Gasteiger charge is -2.33. The highest BCUT2D eigenvalue weighted by Crippen LogP contribution is 2.30. The number of anilines is 1. The number of ether oxygens (including phenoxy) is 2. The van der Waals surface area contributed by atoms with Crippen LogP contribution in [0.2, 0.25) is 0 Å². The molecule has 8 nitrogen and oxygen atoms in total. The van der Waals surface area contributed by atoms with Crippen LogP contribution in [-0.2, 0) is 31.9 Å². The molecule has 0 radical (unpaired) electrons. The Balaban J connectivity index is 1.31. The number of nitrogens with zero attached hydrogens (tertiary/aromatic N) is 1. The molecule has 1 fully saturated rings. The van der Waals surface area contributed by atoms with E-state index >= 15 is 0 Å². The number of aryl methyl sites for hydroxylation is 2. The zero-order valence-corrected chi connectivity index (χ0v) is 18.5. The number of unbranched alkanes of at least 4 members (excludes halogenated alkanes) is 1. The Labute approximate surface area is 184 Å². The summed E-state index contributed by atoms with van der Waals surface area (Å²) in [6.45, 7) is 4.79. The minimum Gasteiger partial charge on any atom is -0.480 e. The van der Waals surface area contributed by atoms with Crippen LogP contribution in [0.25, 0.3) is 0 Å². The van der Waals surface area contributed by atoms with Crippen molar-refractivity contribution in [2.75, 3.05) is 38.3 Å². The van der Waals surface area contributed by atoms with Crippen molar-refractivity contribution in [3.05, 3.63) is 23.4 Å². The van der Waals surface area contributed by atoms with Crippen molar-refractivity contribution in [2.45, 2.75) is 64.3 Å². The van der Waals surface area contributed by atoms with Gasteiger partial charge in [-0.05, 0) is 56.6 Å². The Kier molecular flexibility index (Phi) is 8.66. The second kappa shape index (κ2) is 11.4. The lowest BCUT2D eigenvalue weighted by molar-refractivity contribution is -0.146. The van der Waals surface area contributed by atoms with E-state index in [1.165, 1.54) is 5.56 Å². The third-order valence-corrected chi connectivity index (χ3v) is 6.22. The molecule has 1 saturated heterocycles. The average Bonchev–Trinajstić information content (AvgIpc) is 2.77. The predicted octanol–water partition coefficient (Wildman–Crippen LogP) is 2.56. The quantitative estimate of drug-likeness (QED) is 0.460. The van der Waals surface area contributed by atoms with Gasteiger partial charge in [0, 0.05) is 45.1 Å². The maximum Gasteiger partial charge on any atom is 0.326 e. The normalized spacial score (nSPS) is 18.5. The first-order valence-corrected chi connectivity index (χ1v) is 11.4. The fourth-order valence-corrected chi connectivity index (χ4v) is 3.96. The van der Waals surface area contributed by atoms with Crippen molar-refractivity contribution < 1.29 is 24.2 Å². The molecule has 0 aromatic carbocycles. The lowest BCUT2D eigenvalue weighted by Crippen LogP contribution is -2.49. The molecular weight excluding hydrogens is 398 g/mol. The van der Waals surface area contributed by atoms with Crippen molar-refractivity contribution in [3.8, 4) is 0 Å². The maximum absolute atomic E-state index is 12.6. The second-order valence-corrected chi connectivity index (χ2v) is 8.74. The summed E-state index contributed by atoms with van der Waals surface area (Å²) in [6, 6.07) is 3.34. The average molecular weight is 434 g/mol. The van der Waals surface area contributed by atoms with Crippen molar-refractivity contribution in [1.82, 2.24) is 10.3 Å². The van der Waals surface area contributed by atoms with Crippen LogP contribution in [0.15, 0.2) is 12.1 Å². The Bertz CT molecular complexity index is 749. The number of carboxylic acid groups (broad SMARTS) is 1. The van der Waals surface area contributed by atoms with E-state index < -0.39 is 17.4 Å². The number of amides is 1. The maximum atomic E-state index is 12.6. The fraction of sp³-hybridized carbons (Fsp3) is 0.696. The van der Waals surface area contributed by atoms with Gasteiger partial charge in [0.1, 0.15) is 11.9 Å². The van der Waals surface area contributed by atoms with Crippen LogP contribution in [0.4, 0.5) is 5.82 Å². The van der Waals surface area contributed by atoms with Crippen LogP contribution in [0, 0.1) is 5.41 Å². The van der Waals surface area contributed by atoms with Gasteiger partial charge in [0.2, 0.25) is 5.91 Å². The molecule has 1 aromatic rings. The standard InChI is InChI=1S/C23H35N3O5/c1-23(10-15-31-16-11-23)22(29)26-19(21(27)28)9-14-30-13-3-2-6-18-8-7-17-5-4-12-24-20(17)25-18/h7-8,19H,2-6,9-16H2,1H3,(H,24,25)(H,26,29)(H,27,28). The number of pyridine rings is 1. The molecule has 1 aromatic heterocycles. The van der Waals surface area contributed by atoms with Crippen LogP contribution in [0.5, 0.6) is 0 Å². The number of fused-ring (bicyclic) bond motifs is 1. The first-order chi connectivity index (χ1) is 15.0. The zero-order valence-electron chi connectivity index (χ0n) is 18.5. The Morgan fingerprint density at radius 3 is 2.87 bits per heavy atom. The molecule has 2 aliphatic heterocycles. The highest BCUT2D eigenvalue weighted by molar-refractivity contribution is 5.87. The monoisotopic (exact) mass is 433 g/mol. The molecule has 1 unspecified atom stereocenters. The molecule has 3 heterocycles. The van der Waals surface area contributed by atoms with E-state index in [-0.39, 0.29) is 12.3 Å². The zero-order chi connectivity index (χ0) is 22.1. The molecule has 2 aliphatic rings. The molecule has 172 valence electrons. The number of aromatic nitrogens is 1. The molecule has 31 heavy (non-hydrogen) atoms. The highest BCUT2D eigenvalue weighted by atomic mass is 16.5. The lowest BCUT2D eigenvalue weighted by atomic mass is 9.81. The first kappa shape index (κ1) is 23.5. The Morgan fingerprint density at radius 2 is 2.10 bits per heavy atom. The number of rotatable bonds is 11. The number of hydrogen-bond acceptors (Lipinski definition) is 6. The Morgan fingerprint density at radius 1 is 1.29 bits per heavy atom. The smallest absolute Gasteiger partial charge is 0.326 e. The number of aliphatic carboxylic acids is 1. The van der Waals surface area contributed by atoms with E-state index in [0.717, 1.165) is 50.2 Å². The van der Waals surface area contributed by atoms with Gasteiger partial charge in [0.15, 0.2) is 0 Å². The summed E-state index contributed by atoms with van der Waals surface area (Å²) >= 11 is 0. The molecule has 0 bridgehead atoms. The van der Waals surface area contributed by atoms with Crippen LogP contribution in [-0.4, -0.2) is 61.0 Å². The third kappa shape index (κ3) is 6.90. The van der Waals surface area contributed by atoms with Crippen molar-refractivity contribution in [1.29, 1.82) is 0 Å². The molecule has 0 saturated carbocycles. The van der Waals surface area contributed by atoms with Crippen molar-refractivity contribution >= 4 is 17.7 Å². The molecular formula is C23H35N3O5. The summed E-state index contributed by atoms with van der Waals surface area (Å²) in [5, 5.41) is 15.5. The number of nitrogens with one attached hydrogen (secondary N) is 2. The van der Waals surface area contributed by atoms with Crippen molar-refractivity contribution in [2.24, 2.45) is 5.41 Å². The van der Waals surface area contributed by atoms with Gasteiger partial charge in [-0.2, -0.15) is 0 Å². The van der Waals surface area contributed by atoms with Gasteiger partial charge in [0.05, 0.1) is 5.41 Å². The van der Waals surface area contributed by atoms with E-state index in [1.807, 2.05) is 6.92 Å². The van der Waals surface area contributed by atoms with Crippen molar-refractivity contribution in [3.63, 3.8) is 0 Å². The molecule has 3 N–H and O–H groups in total. The highest BCUT2D eigenvalue weighted by Gasteiger charge is 2.37. The van der Waals surface area contributed by atoms with Gasteiger partial charge in [0.25, 0.3) is 0 Å². The van der Waals surface area contributed by atoms with Gasteiger partial charge in [-0.25, -0.2) is 9.78 Å². The van der Waals surface area contributed by atoms with Crippen LogP contribution in [0.3, 0.4) is 0 Å². The van der Waals surface area contributed by atoms with E-state index in [4.69, 9.17) is 14.5 Å². The first-order valence-electron chi connectivity index (χ1n) is 11.4. The molecule has 8 heteroatoms. The molecule has 0 spiro atoms. The summed E-state index contributed by atoms with van der Waals surface area (Å²) in [5.41, 5.74) is 1.82. The minimum absolute atomic E-state index is 0.213. The second-order valence-electron chi connectivity index (χ2n) is 8.74. The predicted molar refractivity (Wildman–Crippen MR) is 117 cm³/mol. The molecule has 3 rings (SSSR count). The SMILES string of the molecule is CC1(C(=O)NC(CCOCCCCc2ccc3c(n2)NCCC3)C(=O)O)CCOCC1. The summed E-state index contributed by atoms with van der Waals surface area (Å²) in [7, 11) is 0. The van der Waals surface area contributed by atoms with Crippen LogP contribution >= 0.6 is 0 Å². The molecule has 1 amide bonds. The summed E-state index contributed by atoms with van der Waals surface area (Å²) in [6.07, 6.45) is 6.47. The van der Waals surface area contributed by atoms with Gasteiger partial charge < -0.3 is 25.2 Å². The summed E-state index contributed by atoms with van der Waals surface area (Å²) < 4.78 is 10.9. The number of carbonyl (C=O) groups is 2. The van der Waals surface area contributed by atoms with E-state index in [2.05, 4.69) is 22.8 Å². The Hall–Kier alpha value is -2.19. The topological polar surface area (TPSA) is 110 Å². The fourth-order valence-electron chi connectivity index (χ4n) is 3.96. The van der Waals surface area contributed by atoms with Crippen LogP contribution < -0.4 is 10.6 Å². The van der Waals surface area contributed by atoms with Crippen LogP contribution in [0.1, 0.15) is 56.7 Å². The van der Waals surface area contributed by atoms with Gasteiger partial charge in [-0.1, -0.05) is 13.0 Å². The summed E-state index contributed by atoms with van der Waals surface area (Å²) in [5.74, 6) is -0.216. The number of carboxylic acids is 1. The van der Waals surface area contributed by atoms with E-state index in [9.17, 15) is 14.7 Å². The third-order valence-electron chi connectivity index (χ3n) is 6.22. The largest absolute Gasteiger partial charge is 0.480 e. The molecule has 0 aliphatic carbocycles. The number of hydrogen-bond donors (Lipinski definition) is 3. The van der Waals surface area contributed by atoms with Gasteiger partial charge >= 0.3 is 5.97 Å².